The van der Waals surface area contributed by atoms with Crippen molar-refractivity contribution in [2.75, 3.05) is 26.8 Å². The molecule has 1 aliphatic rings. The number of benzene rings is 1. The van der Waals surface area contributed by atoms with Crippen LogP contribution in [0.3, 0.4) is 0 Å². The molecule has 0 aliphatic carbocycles. The molecule has 0 saturated carbocycles. The van der Waals surface area contributed by atoms with Crippen LogP contribution in [-0.4, -0.2) is 32.6 Å². The molecule has 1 atom stereocenters. The first-order chi connectivity index (χ1) is 9.24. The number of ketones is 1. The largest absolute Gasteiger partial charge is 0.493 e. The van der Waals surface area contributed by atoms with Gasteiger partial charge in [0.05, 0.1) is 13.7 Å². The van der Waals surface area contributed by atoms with Gasteiger partial charge in [-0.3, -0.25) is 4.79 Å². The number of nitrogens with one attached hydrogen (secondary N) is 1. The maximum atomic E-state index is 12.1. The second kappa shape index (κ2) is 6.57. The van der Waals surface area contributed by atoms with Crippen LogP contribution in [0.15, 0.2) is 18.2 Å². The van der Waals surface area contributed by atoms with E-state index in [4.69, 9.17) is 9.47 Å². The monoisotopic (exact) mass is 263 g/mol. The van der Waals surface area contributed by atoms with E-state index in [9.17, 15) is 4.79 Å². The third kappa shape index (κ3) is 3.47. The molecule has 2 rings (SSSR count). The predicted molar refractivity (Wildman–Crippen MR) is 73.9 cm³/mol. The van der Waals surface area contributed by atoms with E-state index in [0.717, 1.165) is 30.8 Å². The average Bonchev–Trinajstić information content (AvgIpc) is 2.94. The van der Waals surface area contributed by atoms with E-state index in [2.05, 4.69) is 5.32 Å². The summed E-state index contributed by atoms with van der Waals surface area (Å²) < 4.78 is 10.8. The lowest BCUT2D eigenvalue weighted by Gasteiger charge is -2.12. The summed E-state index contributed by atoms with van der Waals surface area (Å²) in [6.07, 6.45) is 1.42. The molecule has 0 radical (unpaired) electrons. The van der Waals surface area contributed by atoms with Crippen LogP contribution in [0, 0.1) is 5.92 Å². The molecule has 1 saturated heterocycles. The van der Waals surface area contributed by atoms with Crippen LogP contribution in [0.1, 0.15) is 18.9 Å². The highest BCUT2D eigenvalue weighted by Crippen LogP contribution is 2.28. The van der Waals surface area contributed by atoms with E-state index in [0.29, 0.717) is 24.6 Å². The minimum atomic E-state index is 0.164. The quantitative estimate of drug-likeness (QED) is 0.850. The molecule has 0 amide bonds. The summed E-state index contributed by atoms with van der Waals surface area (Å²) in [6.45, 7) is 4.29. The first kappa shape index (κ1) is 13.9. The summed E-state index contributed by atoms with van der Waals surface area (Å²) in [6, 6.07) is 5.71. The molecule has 1 aromatic rings. The van der Waals surface area contributed by atoms with Crippen molar-refractivity contribution in [3.63, 3.8) is 0 Å². The molecule has 4 heteroatoms. The summed E-state index contributed by atoms with van der Waals surface area (Å²) in [5.41, 5.74) is 0.984. The van der Waals surface area contributed by atoms with Crippen molar-refractivity contribution in [2.24, 2.45) is 5.92 Å². The smallest absolute Gasteiger partial charge is 0.161 e. The van der Waals surface area contributed by atoms with Crippen LogP contribution in [0.4, 0.5) is 0 Å². The van der Waals surface area contributed by atoms with E-state index >= 15 is 0 Å². The highest BCUT2D eigenvalue weighted by molar-refractivity contribution is 5.84. The second-order valence-electron chi connectivity index (χ2n) is 4.75. The fourth-order valence-electron chi connectivity index (χ4n) is 2.37. The van der Waals surface area contributed by atoms with Crippen LogP contribution in [0.25, 0.3) is 0 Å². The minimum Gasteiger partial charge on any atom is -0.493 e. The maximum Gasteiger partial charge on any atom is 0.161 e. The van der Waals surface area contributed by atoms with Crippen molar-refractivity contribution in [3.05, 3.63) is 23.8 Å². The number of hydrogen-bond donors (Lipinski definition) is 1. The second-order valence-corrected chi connectivity index (χ2v) is 4.75. The summed E-state index contributed by atoms with van der Waals surface area (Å²) in [7, 11) is 1.62. The van der Waals surface area contributed by atoms with Gasteiger partial charge < -0.3 is 14.8 Å². The number of ether oxygens (including phenoxy) is 2. The summed E-state index contributed by atoms with van der Waals surface area (Å²) in [5.74, 6) is 1.88. The van der Waals surface area contributed by atoms with Crippen molar-refractivity contribution in [2.45, 2.75) is 19.8 Å². The van der Waals surface area contributed by atoms with Gasteiger partial charge in [-0.25, -0.2) is 0 Å². The third-order valence-electron chi connectivity index (χ3n) is 3.42. The Morgan fingerprint density at radius 1 is 1.42 bits per heavy atom. The van der Waals surface area contributed by atoms with Crippen LogP contribution < -0.4 is 14.8 Å². The molecule has 0 aromatic heterocycles. The lowest BCUT2D eigenvalue weighted by atomic mass is 9.97. The molecule has 0 bridgehead atoms. The molecule has 1 aliphatic heterocycles. The zero-order chi connectivity index (χ0) is 13.7. The van der Waals surface area contributed by atoms with Crippen LogP contribution in [-0.2, 0) is 11.2 Å². The van der Waals surface area contributed by atoms with E-state index in [1.54, 1.807) is 7.11 Å². The van der Waals surface area contributed by atoms with Gasteiger partial charge in [0.15, 0.2) is 11.5 Å². The van der Waals surface area contributed by atoms with Gasteiger partial charge in [0.2, 0.25) is 0 Å². The Morgan fingerprint density at radius 3 is 2.89 bits per heavy atom. The SMILES string of the molecule is CCOc1ccc(CC(=O)C2CCNC2)cc1OC. The predicted octanol–water partition coefficient (Wildman–Crippen LogP) is 1.81. The van der Waals surface area contributed by atoms with Crippen molar-refractivity contribution in [3.8, 4) is 11.5 Å². The number of rotatable bonds is 6. The zero-order valence-corrected chi connectivity index (χ0v) is 11.6. The van der Waals surface area contributed by atoms with Gasteiger partial charge in [0.25, 0.3) is 0 Å². The minimum absolute atomic E-state index is 0.164. The molecule has 104 valence electrons. The van der Waals surface area contributed by atoms with E-state index < -0.39 is 0 Å². The van der Waals surface area contributed by atoms with Gasteiger partial charge in [0.1, 0.15) is 5.78 Å². The third-order valence-corrected chi connectivity index (χ3v) is 3.42. The first-order valence-corrected chi connectivity index (χ1v) is 6.77. The topological polar surface area (TPSA) is 47.6 Å². The number of carbonyl (C=O) groups excluding carboxylic acids is 1. The van der Waals surface area contributed by atoms with Crippen LogP contribution in [0.2, 0.25) is 0 Å². The van der Waals surface area contributed by atoms with Crippen LogP contribution >= 0.6 is 0 Å². The van der Waals surface area contributed by atoms with Crippen LogP contribution in [0.5, 0.6) is 11.5 Å². The van der Waals surface area contributed by atoms with E-state index in [1.807, 2.05) is 25.1 Å². The van der Waals surface area contributed by atoms with Gasteiger partial charge >= 0.3 is 0 Å². The molecule has 0 spiro atoms. The van der Waals surface area contributed by atoms with Gasteiger partial charge in [-0.2, -0.15) is 0 Å². The Kier molecular flexibility index (Phi) is 4.80. The van der Waals surface area contributed by atoms with E-state index in [-0.39, 0.29) is 5.92 Å². The Balaban J connectivity index is 2.05. The number of carbonyl (C=O) groups is 1. The number of methoxy groups -OCH3 is 1. The molecule has 1 fully saturated rings. The lowest BCUT2D eigenvalue weighted by molar-refractivity contribution is -0.121. The van der Waals surface area contributed by atoms with Crippen molar-refractivity contribution in [1.82, 2.24) is 5.32 Å². The summed E-state index contributed by atoms with van der Waals surface area (Å²) in [4.78, 5) is 12.1. The Bertz CT molecular complexity index is 439. The molecular formula is C15H21NO3. The average molecular weight is 263 g/mol. The highest BCUT2D eigenvalue weighted by Gasteiger charge is 2.22. The number of hydrogen-bond acceptors (Lipinski definition) is 4. The normalized spacial score (nSPS) is 18.3. The standard InChI is InChI=1S/C15H21NO3/c1-3-19-14-5-4-11(9-15(14)18-2)8-13(17)12-6-7-16-10-12/h4-5,9,12,16H,3,6-8,10H2,1-2H3. The molecule has 1 aromatic carbocycles. The first-order valence-electron chi connectivity index (χ1n) is 6.77. The van der Waals surface area contributed by atoms with Gasteiger partial charge in [-0.1, -0.05) is 6.07 Å². The Labute approximate surface area is 114 Å². The van der Waals surface area contributed by atoms with E-state index in [1.165, 1.54) is 0 Å². The molecular weight excluding hydrogens is 242 g/mol. The molecule has 19 heavy (non-hydrogen) atoms. The molecule has 1 N–H and O–H groups in total. The molecule has 1 unspecified atom stereocenters. The molecule has 4 nitrogen and oxygen atoms in total. The summed E-state index contributed by atoms with van der Waals surface area (Å²) in [5, 5.41) is 3.22. The van der Waals surface area contributed by atoms with Gasteiger partial charge in [-0.15, -0.1) is 0 Å². The Morgan fingerprint density at radius 2 is 2.26 bits per heavy atom. The van der Waals surface area contributed by atoms with Crippen molar-refractivity contribution >= 4 is 5.78 Å². The zero-order valence-electron chi connectivity index (χ0n) is 11.6. The fraction of sp³-hybridized carbons (Fsp3) is 0.533. The van der Waals surface area contributed by atoms with Gasteiger partial charge in [0, 0.05) is 18.9 Å². The van der Waals surface area contributed by atoms with Gasteiger partial charge in [-0.05, 0) is 37.6 Å². The lowest BCUT2D eigenvalue weighted by Crippen LogP contribution is -2.19. The maximum absolute atomic E-state index is 12.1. The van der Waals surface area contributed by atoms with Crippen molar-refractivity contribution in [1.29, 1.82) is 0 Å². The molecule has 1 heterocycles. The highest BCUT2D eigenvalue weighted by atomic mass is 16.5. The fourth-order valence-corrected chi connectivity index (χ4v) is 2.37. The van der Waals surface area contributed by atoms with Crippen molar-refractivity contribution < 1.29 is 14.3 Å². The number of Topliss-reactive ketones (excluding diaryl/α,β-unsaturated/α-hetero) is 1. The summed E-state index contributed by atoms with van der Waals surface area (Å²) >= 11 is 0. The Hall–Kier alpha value is -1.55.